The van der Waals surface area contributed by atoms with Crippen LogP contribution in [0.3, 0.4) is 0 Å². The number of rotatable bonds is 3. The fourth-order valence-electron chi connectivity index (χ4n) is 1.92. The highest BCUT2D eigenvalue weighted by molar-refractivity contribution is 9.10. The van der Waals surface area contributed by atoms with Crippen LogP contribution in [0.25, 0.3) is 0 Å². The highest BCUT2D eigenvalue weighted by Crippen LogP contribution is 2.25. The van der Waals surface area contributed by atoms with E-state index >= 15 is 0 Å². The van der Waals surface area contributed by atoms with E-state index in [1.807, 2.05) is 45.0 Å². The minimum atomic E-state index is -1.47. The summed E-state index contributed by atoms with van der Waals surface area (Å²) in [7, 11) is 0. The third-order valence-electron chi connectivity index (χ3n) is 3.15. The predicted octanol–water partition coefficient (Wildman–Crippen LogP) is 5.27. The van der Waals surface area contributed by atoms with Gasteiger partial charge in [0.05, 0.1) is 11.6 Å². The van der Waals surface area contributed by atoms with Gasteiger partial charge in [-0.2, -0.15) is 5.26 Å². The normalized spacial score (nSPS) is 13.5. The number of hydrogen-bond acceptors (Lipinski definition) is 3. The van der Waals surface area contributed by atoms with E-state index in [0.717, 1.165) is 10.0 Å². The molecule has 0 heterocycles. The molecule has 0 saturated carbocycles. The van der Waals surface area contributed by atoms with Gasteiger partial charge in [0, 0.05) is 20.6 Å². The molecule has 124 valence electrons. The smallest absolute Gasteiger partial charge is 0.144 e. The summed E-state index contributed by atoms with van der Waals surface area (Å²) in [5, 5.41) is 9.91. The van der Waals surface area contributed by atoms with Crippen LogP contribution in [-0.4, -0.2) is 15.0 Å². The SMILES string of the molecule is CC(C)(C)[S+]([O-])N=C(c1cccc(Br)c1)c1cc(Cl)ccc1C#N. The van der Waals surface area contributed by atoms with Crippen LogP contribution < -0.4 is 0 Å². The fraction of sp³-hybridized carbons (Fsp3) is 0.222. The van der Waals surface area contributed by atoms with Crippen molar-refractivity contribution in [1.82, 2.24) is 0 Å². The first-order valence-corrected chi connectivity index (χ1v) is 9.47. The van der Waals surface area contributed by atoms with Gasteiger partial charge in [0.15, 0.2) is 0 Å². The maximum Gasteiger partial charge on any atom is 0.144 e. The molecule has 0 amide bonds. The second-order valence-corrected chi connectivity index (χ2v) is 9.37. The lowest BCUT2D eigenvalue weighted by Crippen LogP contribution is -2.27. The Morgan fingerprint density at radius 3 is 2.54 bits per heavy atom. The Morgan fingerprint density at radius 1 is 1.25 bits per heavy atom. The van der Waals surface area contributed by atoms with E-state index in [9.17, 15) is 9.81 Å². The molecule has 24 heavy (non-hydrogen) atoms. The first kappa shape index (κ1) is 19.0. The van der Waals surface area contributed by atoms with Crippen LogP contribution in [0.2, 0.25) is 5.02 Å². The van der Waals surface area contributed by atoms with Crippen molar-refractivity contribution in [2.75, 3.05) is 0 Å². The van der Waals surface area contributed by atoms with Gasteiger partial charge < -0.3 is 4.55 Å². The van der Waals surface area contributed by atoms with Gasteiger partial charge >= 0.3 is 0 Å². The summed E-state index contributed by atoms with van der Waals surface area (Å²) >= 11 is 8.08. The lowest BCUT2D eigenvalue weighted by atomic mass is 9.98. The molecule has 2 rings (SSSR count). The second-order valence-electron chi connectivity index (χ2n) is 6.11. The molecule has 1 atom stereocenters. The molecule has 0 aliphatic rings. The molecule has 0 aliphatic heterocycles. The molecule has 6 heteroatoms. The Labute approximate surface area is 158 Å². The Kier molecular flexibility index (Phi) is 6.11. The third-order valence-corrected chi connectivity index (χ3v) is 5.28. The van der Waals surface area contributed by atoms with Gasteiger partial charge in [0.2, 0.25) is 0 Å². The molecule has 0 aromatic heterocycles. The van der Waals surface area contributed by atoms with Crippen molar-refractivity contribution in [3.05, 3.63) is 68.7 Å². The zero-order valence-corrected chi connectivity index (χ0v) is 16.7. The molecule has 0 aliphatic carbocycles. The third kappa shape index (κ3) is 4.61. The van der Waals surface area contributed by atoms with E-state index in [1.165, 1.54) is 0 Å². The lowest BCUT2D eigenvalue weighted by molar-refractivity contribution is 0.561. The summed E-state index contributed by atoms with van der Waals surface area (Å²) in [5.41, 5.74) is 2.26. The molecular formula is C18H16BrClN2OS. The Hall–Kier alpha value is -1.32. The average molecular weight is 424 g/mol. The summed E-state index contributed by atoms with van der Waals surface area (Å²) in [6, 6.07) is 14.6. The van der Waals surface area contributed by atoms with Crippen molar-refractivity contribution >= 4 is 44.6 Å². The van der Waals surface area contributed by atoms with Gasteiger partial charge in [-0.25, -0.2) is 0 Å². The molecule has 3 nitrogen and oxygen atoms in total. The van der Waals surface area contributed by atoms with Crippen molar-refractivity contribution in [2.24, 2.45) is 4.40 Å². The topological polar surface area (TPSA) is 59.2 Å². The van der Waals surface area contributed by atoms with Crippen LogP contribution in [0.5, 0.6) is 0 Å². The van der Waals surface area contributed by atoms with Crippen molar-refractivity contribution in [3.63, 3.8) is 0 Å². The van der Waals surface area contributed by atoms with Gasteiger partial charge in [-0.05, 0) is 51.1 Å². The Morgan fingerprint density at radius 2 is 1.96 bits per heavy atom. The van der Waals surface area contributed by atoms with Gasteiger partial charge in [0.25, 0.3) is 0 Å². The summed E-state index contributed by atoms with van der Waals surface area (Å²) in [6.07, 6.45) is 0. The van der Waals surface area contributed by atoms with E-state index in [-0.39, 0.29) is 0 Å². The fourth-order valence-corrected chi connectivity index (χ4v) is 3.14. The van der Waals surface area contributed by atoms with Crippen LogP contribution >= 0.6 is 27.5 Å². The predicted molar refractivity (Wildman–Crippen MR) is 104 cm³/mol. The Balaban J connectivity index is 2.71. The standard InChI is InChI=1S/C18H16BrClN2OS/c1-18(2,3)24(23)22-17(12-5-4-6-14(19)9-12)16-10-15(20)8-7-13(16)11-21/h4-10H,1-3H3. The zero-order valence-electron chi connectivity index (χ0n) is 13.5. The summed E-state index contributed by atoms with van der Waals surface area (Å²) in [4.78, 5) is 0. The average Bonchev–Trinajstić information content (AvgIpc) is 2.51. The minimum Gasteiger partial charge on any atom is -0.591 e. The number of hydrogen-bond donors (Lipinski definition) is 0. The van der Waals surface area contributed by atoms with Gasteiger partial charge in [-0.1, -0.05) is 44.1 Å². The van der Waals surface area contributed by atoms with E-state index < -0.39 is 16.1 Å². The minimum absolute atomic E-state index is 0.434. The lowest BCUT2D eigenvalue weighted by Gasteiger charge is -2.20. The second kappa shape index (κ2) is 7.71. The molecule has 0 spiro atoms. The van der Waals surface area contributed by atoms with Crippen LogP contribution in [-0.2, 0) is 11.4 Å². The van der Waals surface area contributed by atoms with Crippen LogP contribution in [0.15, 0.2) is 51.3 Å². The molecule has 2 aromatic carbocycles. The van der Waals surface area contributed by atoms with Crippen LogP contribution in [0, 0.1) is 11.3 Å². The van der Waals surface area contributed by atoms with Gasteiger partial charge in [0.1, 0.15) is 21.8 Å². The van der Waals surface area contributed by atoms with Crippen LogP contribution in [0.4, 0.5) is 0 Å². The van der Waals surface area contributed by atoms with Gasteiger partial charge in [-0.3, -0.25) is 0 Å². The molecule has 0 bridgehead atoms. The molecule has 0 radical (unpaired) electrons. The number of nitrogens with zero attached hydrogens (tertiary/aromatic N) is 2. The summed E-state index contributed by atoms with van der Waals surface area (Å²) in [6.45, 7) is 5.57. The highest BCUT2D eigenvalue weighted by atomic mass is 79.9. The maximum atomic E-state index is 12.6. The molecule has 0 fully saturated rings. The van der Waals surface area contributed by atoms with E-state index in [4.69, 9.17) is 11.6 Å². The van der Waals surface area contributed by atoms with Crippen LogP contribution in [0.1, 0.15) is 37.5 Å². The van der Waals surface area contributed by atoms with Gasteiger partial charge in [-0.15, -0.1) is 0 Å². The molecule has 0 N–H and O–H groups in total. The number of benzene rings is 2. The maximum absolute atomic E-state index is 12.6. The van der Waals surface area contributed by atoms with Crippen molar-refractivity contribution in [3.8, 4) is 6.07 Å². The largest absolute Gasteiger partial charge is 0.591 e. The molecule has 0 saturated heterocycles. The summed E-state index contributed by atoms with van der Waals surface area (Å²) in [5.74, 6) is 0. The van der Waals surface area contributed by atoms with E-state index in [0.29, 0.717) is 21.9 Å². The molecular weight excluding hydrogens is 408 g/mol. The first-order valence-electron chi connectivity index (χ1n) is 7.19. The first-order chi connectivity index (χ1) is 11.2. The highest BCUT2D eigenvalue weighted by Gasteiger charge is 2.28. The summed E-state index contributed by atoms with van der Waals surface area (Å²) < 4.78 is 17.4. The Bertz CT molecular complexity index is 824. The van der Waals surface area contributed by atoms with Crippen molar-refractivity contribution < 1.29 is 4.55 Å². The number of halogens is 2. The zero-order chi connectivity index (χ0) is 17.9. The molecule has 1 unspecified atom stereocenters. The van der Waals surface area contributed by atoms with E-state index in [1.54, 1.807) is 18.2 Å². The monoisotopic (exact) mass is 422 g/mol. The molecule has 2 aromatic rings. The number of nitriles is 1. The van der Waals surface area contributed by atoms with Crippen molar-refractivity contribution in [2.45, 2.75) is 25.5 Å². The van der Waals surface area contributed by atoms with E-state index in [2.05, 4.69) is 26.4 Å². The quantitative estimate of drug-likeness (QED) is 0.498. The van der Waals surface area contributed by atoms with Crippen molar-refractivity contribution in [1.29, 1.82) is 5.26 Å².